The molecule has 1 heterocycles. The van der Waals surface area contributed by atoms with Crippen LogP contribution in [0.5, 0.6) is 0 Å². The molecule has 4 heteroatoms. The molecule has 0 fully saturated rings. The van der Waals surface area contributed by atoms with Crippen LogP contribution in [0.2, 0.25) is 0 Å². The van der Waals surface area contributed by atoms with Crippen LogP contribution in [0.3, 0.4) is 0 Å². The minimum absolute atomic E-state index is 0.391. The van der Waals surface area contributed by atoms with Gasteiger partial charge in [-0.15, -0.1) is 0 Å². The average molecular weight is 127 g/mol. The highest BCUT2D eigenvalue weighted by Crippen LogP contribution is 1.97. The summed E-state index contributed by atoms with van der Waals surface area (Å²) in [6, 6.07) is -1.01. The van der Waals surface area contributed by atoms with Crippen molar-refractivity contribution in [3.8, 4) is 0 Å². The molecule has 0 bridgehead atoms. The van der Waals surface area contributed by atoms with Crippen molar-refractivity contribution in [1.29, 1.82) is 0 Å². The third kappa shape index (κ3) is 0.910. The topological polar surface area (TPSA) is 63.4 Å². The number of hydroxylamine groups is 1. The molecular weight excluding hydrogens is 122 g/mol. The summed E-state index contributed by atoms with van der Waals surface area (Å²) >= 11 is 0. The summed E-state index contributed by atoms with van der Waals surface area (Å²) in [5.74, 6) is -1.12. The molecule has 1 atom stereocenters. The third-order valence-corrected chi connectivity index (χ3v) is 1.05. The van der Waals surface area contributed by atoms with Crippen LogP contribution in [0.4, 0.5) is 0 Å². The van der Waals surface area contributed by atoms with Crippen LogP contribution in [-0.4, -0.2) is 28.1 Å². The minimum Gasteiger partial charge on any atom is -0.623 e. The fourth-order valence-corrected chi connectivity index (χ4v) is 0.608. The molecule has 1 aliphatic rings. The van der Waals surface area contributed by atoms with E-state index in [0.29, 0.717) is 4.74 Å². The zero-order valence-corrected chi connectivity index (χ0v) is 4.52. The van der Waals surface area contributed by atoms with Crippen molar-refractivity contribution < 1.29 is 14.6 Å². The summed E-state index contributed by atoms with van der Waals surface area (Å²) in [6.07, 6.45) is 3.93. The molecule has 0 aromatic rings. The van der Waals surface area contributed by atoms with Crippen molar-refractivity contribution >= 4 is 12.2 Å². The lowest BCUT2D eigenvalue weighted by molar-refractivity contribution is -0.467. The second kappa shape index (κ2) is 1.89. The quantitative estimate of drug-likeness (QED) is 0.384. The van der Waals surface area contributed by atoms with E-state index in [2.05, 4.69) is 0 Å². The summed E-state index contributed by atoms with van der Waals surface area (Å²) in [7, 11) is 0. The summed E-state index contributed by atoms with van der Waals surface area (Å²) in [4.78, 5) is 10.1. The molecule has 0 amide bonds. The number of aliphatic carboxylic acids is 1. The molecule has 1 N–H and O–H groups in total. The van der Waals surface area contributed by atoms with E-state index in [9.17, 15) is 10.0 Å². The first kappa shape index (κ1) is 5.81. The monoisotopic (exact) mass is 127 g/mol. The first-order chi connectivity index (χ1) is 4.22. The number of hydrogen-bond acceptors (Lipinski definition) is 2. The molecule has 1 aliphatic heterocycles. The lowest BCUT2D eigenvalue weighted by Gasteiger charge is -2.02. The standard InChI is InChI=1S/C5H5NO3/c7-5(8)4-2-1-3-6(4)9/h1-4H,(H,7,8). The fraction of sp³-hybridized carbons (Fsp3) is 0.200. The Morgan fingerprint density at radius 1 is 1.78 bits per heavy atom. The molecule has 0 aliphatic carbocycles. The van der Waals surface area contributed by atoms with Gasteiger partial charge in [-0.3, -0.25) is 0 Å². The van der Waals surface area contributed by atoms with E-state index in [4.69, 9.17) is 5.11 Å². The zero-order chi connectivity index (χ0) is 6.85. The number of nitrogens with zero attached hydrogens (tertiary/aromatic N) is 1. The summed E-state index contributed by atoms with van der Waals surface area (Å²) < 4.78 is 0.391. The fourth-order valence-electron chi connectivity index (χ4n) is 0.608. The number of carbonyl (C=O) groups is 1. The van der Waals surface area contributed by atoms with Gasteiger partial charge in [0.05, 0.1) is 0 Å². The molecule has 0 radical (unpaired) electrons. The lowest BCUT2D eigenvalue weighted by Crippen LogP contribution is -2.25. The molecule has 48 valence electrons. The minimum atomic E-state index is -1.12. The predicted octanol–water partition coefficient (Wildman–Crippen LogP) is -0.409. The molecule has 0 aromatic heterocycles. The van der Waals surface area contributed by atoms with Gasteiger partial charge in [0.15, 0.2) is 6.21 Å². The van der Waals surface area contributed by atoms with Crippen molar-refractivity contribution in [3.63, 3.8) is 0 Å². The van der Waals surface area contributed by atoms with Crippen molar-refractivity contribution in [2.24, 2.45) is 0 Å². The van der Waals surface area contributed by atoms with Gasteiger partial charge in [-0.05, 0) is 0 Å². The van der Waals surface area contributed by atoms with Crippen LogP contribution in [-0.2, 0) is 4.79 Å². The van der Waals surface area contributed by atoms with Crippen molar-refractivity contribution in [2.75, 3.05) is 0 Å². The molecule has 1 unspecified atom stereocenters. The summed E-state index contributed by atoms with van der Waals surface area (Å²) in [5, 5.41) is 18.7. The van der Waals surface area contributed by atoms with Gasteiger partial charge in [-0.1, -0.05) is 0 Å². The van der Waals surface area contributed by atoms with Gasteiger partial charge in [-0.25, -0.2) is 4.79 Å². The predicted molar refractivity (Wildman–Crippen MR) is 30.3 cm³/mol. The van der Waals surface area contributed by atoms with E-state index in [0.717, 1.165) is 0 Å². The highest BCUT2D eigenvalue weighted by molar-refractivity contribution is 5.80. The Morgan fingerprint density at radius 3 is 2.67 bits per heavy atom. The zero-order valence-electron chi connectivity index (χ0n) is 4.52. The molecule has 1 rings (SSSR count). The van der Waals surface area contributed by atoms with E-state index in [1.807, 2.05) is 0 Å². The molecule has 4 nitrogen and oxygen atoms in total. The average Bonchev–Trinajstić information content (AvgIpc) is 2.13. The maximum absolute atomic E-state index is 10.4. The summed E-state index contributed by atoms with van der Waals surface area (Å²) in [5.41, 5.74) is 0. The van der Waals surface area contributed by atoms with Gasteiger partial charge in [0.25, 0.3) is 6.04 Å². The Hall–Kier alpha value is -1.32. The summed E-state index contributed by atoms with van der Waals surface area (Å²) in [6.45, 7) is 0. The van der Waals surface area contributed by atoms with Crippen LogP contribution >= 0.6 is 0 Å². The first-order valence-electron chi connectivity index (χ1n) is 2.42. The SMILES string of the molecule is O=C(O)C1C=CC=[N+]1[O-]. The van der Waals surface area contributed by atoms with Crippen molar-refractivity contribution in [2.45, 2.75) is 6.04 Å². The highest BCUT2D eigenvalue weighted by atomic mass is 16.5. The lowest BCUT2D eigenvalue weighted by atomic mass is 10.3. The van der Waals surface area contributed by atoms with E-state index < -0.39 is 12.0 Å². The Morgan fingerprint density at radius 2 is 2.44 bits per heavy atom. The normalized spacial score (nSPS) is 24.0. The molecule has 0 saturated carbocycles. The molecule has 0 aromatic carbocycles. The molecule has 0 spiro atoms. The largest absolute Gasteiger partial charge is 0.623 e. The smallest absolute Gasteiger partial charge is 0.378 e. The van der Waals surface area contributed by atoms with Gasteiger partial charge in [-0.2, -0.15) is 4.74 Å². The molecule has 9 heavy (non-hydrogen) atoms. The van der Waals surface area contributed by atoms with Crippen LogP contribution < -0.4 is 0 Å². The molecule has 0 saturated heterocycles. The van der Waals surface area contributed by atoms with E-state index in [1.165, 1.54) is 18.4 Å². The van der Waals surface area contributed by atoms with Crippen molar-refractivity contribution in [1.82, 2.24) is 0 Å². The third-order valence-electron chi connectivity index (χ3n) is 1.05. The second-order valence-corrected chi connectivity index (χ2v) is 1.68. The first-order valence-corrected chi connectivity index (χ1v) is 2.42. The van der Waals surface area contributed by atoms with Gasteiger partial charge >= 0.3 is 5.97 Å². The number of allylic oxidation sites excluding steroid dienone is 1. The number of carboxylic acid groups (broad SMARTS) is 1. The Balaban J connectivity index is 2.74. The van der Waals surface area contributed by atoms with Crippen molar-refractivity contribution in [3.05, 3.63) is 17.4 Å². The van der Waals surface area contributed by atoms with Crippen LogP contribution in [0.15, 0.2) is 12.2 Å². The van der Waals surface area contributed by atoms with Gasteiger partial charge in [0.1, 0.15) is 0 Å². The number of hydrogen-bond donors (Lipinski definition) is 1. The van der Waals surface area contributed by atoms with Gasteiger partial charge in [0.2, 0.25) is 0 Å². The highest BCUT2D eigenvalue weighted by Gasteiger charge is 2.23. The Kier molecular flexibility index (Phi) is 1.22. The van der Waals surface area contributed by atoms with E-state index in [-0.39, 0.29) is 0 Å². The Labute approximate surface area is 51.3 Å². The van der Waals surface area contributed by atoms with Gasteiger partial charge in [0, 0.05) is 12.2 Å². The maximum atomic E-state index is 10.4. The van der Waals surface area contributed by atoms with Gasteiger partial charge < -0.3 is 10.3 Å². The van der Waals surface area contributed by atoms with Crippen LogP contribution in [0.1, 0.15) is 0 Å². The second-order valence-electron chi connectivity index (χ2n) is 1.68. The maximum Gasteiger partial charge on any atom is 0.378 e. The van der Waals surface area contributed by atoms with Crippen LogP contribution in [0.25, 0.3) is 0 Å². The Bertz CT molecular complexity index is 194. The number of carboxylic acids is 1. The van der Waals surface area contributed by atoms with E-state index in [1.54, 1.807) is 0 Å². The molecular formula is C5H5NO3. The van der Waals surface area contributed by atoms with Crippen LogP contribution in [0, 0.1) is 5.21 Å². The van der Waals surface area contributed by atoms with E-state index >= 15 is 0 Å². The number of rotatable bonds is 1.